The summed E-state index contributed by atoms with van der Waals surface area (Å²) in [6.45, 7) is 5.85. The highest BCUT2D eigenvalue weighted by atomic mass is 79.9. The molecule has 2 nitrogen and oxygen atoms in total. The molecule has 21 heavy (non-hydrogen) atoms. The zero-order valence-corrected chi connectivity index (χ0v) is 13.8. The summed E-state index contributed by atoms with van der Waals surface area (Å²) in [4.78, 5) is 0. The molecule has 2 rings (SSSR count). The predicted molar refractivity (Wildman–Crippen MR) is 87.4 cm³/mol. The third-order valence-corrected chi connectivity index (χ3v) is 3.62. The van der Waals surface area contributed by atoms with Gasteiger partial charge >= 0.3 is 0 Å². The third-order valence-electron chi connectivity index (χ3n) is 3.12. The number of hydrogen-bond acceptors (Lipinski definition) is 2. The second-order valence-electron chi connectivity index (χ2n) is 4.95. The number of nitrogens with one attached hydrogen (secondary N) is 1. The lowest BCUT2D eigenvalue weighted by molar-refractivity contribution is 0.438. The van der Waals surface area contributed by atoms with Gasteiger partial charge in [-0.2, -0.15) is 0 Å². The minimum Gasteiger partial charge on any atom is -0.454 e. The first-order chi connectivity index (χ1) is 10.1. The van der Waals surface area contributed by atoms with Crippen LogP contribution in [0.2, 0.25) is 0 Å². The smallest absolute Gasteiger partial charge is 0.166 e. The SMILES string of the molecule is CCCNCc1ccc(C)c(Oc2ccc(Br)cc2F)c1. The van der Waals surface area contributed by atoms with Crippen molar-refractivity contribution in [3.63, 3.8) is 0 Å². The summed E-state index contributed by atoms with van der Waals surface area (Å²) in [5.41, 5.74) is 2.11. The largest absolute Gasteiger partial charge is 0.454 e. The van der Waals surface area contributed by atoms with Crippen molar-refractivity contribution in [1.29, 1.82) is 0 Å². The Kier molecular flexibility index (Phi) is 5.76. The van der Waals surface area contributed by atoms with Crippen LogP contribution in [-0.4, -0.2) is 6.54 Å². The predicted octanol–water partition coefficient (Wildman–Crippen LogP) is 5.19. The maximum atomic E-state index is 13.8. The van der Waals surface area contributed by atoms with E-state index in [2.05, 4.69) is 34.2 Å². The molecule has 1 N–H and O–H groups in total. The Morgan fingerprint density at radius 2 is 1.95 bits per heavy atom. The van der Waals surface area contributed by atoms with E-state index in [4.69, 9.17) is 4.74 Å². The van der Waals surface area contributed by atoms with Crippen molar-refractivity contribution in [2.24, 2.45) is 0 Å². The summed E-state index contributed by atoms with van der Waals surface area (Å²) in [5.74, 6) is 0.547. The van der Waals surface area contributed by atoms with Crippen LogP contribution in [0.4, 0.5) is 4.39 Å². The minimum absolute atomic E-state index is 0.236. The van der Waals surface area contributed by atoms with E-state index in [1.165, 1.54) is 6.07 Å². The van der Waals surface area contributed by atoms with Crippen LogP contribution in [0.3, 0.4) is 0 Å². The van der Waals surface area contributed by atoms with Crippen LogP contribution in [0.25, 0.3) is 0 Å². The molecule has 0 aromatic heterocycles. The highest BCUT2D eigenvalue weighted by Gasteiger charge is 2.08. The van der Waals surface area contributed by atoms with Gasteiger partial charge < -0.3 is 10.1 Å². The molecule has 0 saturated carbocycles. The molecule has 0 saturated heterocycles. The maximum Gasteiger partial charge on any atom is 0.166 e. The molecule has 0 radical (unpaired) electrons. The molecule has 0 bridgehead atoms. The Labute approximate surface area is 133 Å². The number of rotatable bonds is 6. The van der Waals surface area contributed by atoms with Gasteiger partial charge in [0, 0.05) is 11.0 Å². The van der Waals surface area contributed by atoms with Gasteiger partial charge in [0.2, 0.25) is 0 Å². The molecule has 0 atom stereocenters. The van der Waals surface area contributed by atoms with Crippen molar-refractivity contribution in [1.82, 2.24) is 5.32 Å². The molecule has 112 valence electrons. The number of hydrogen-bond donors (Lipinski definition) is 1. The first-order valence-corrected chi connectivity index (χ1v) is 7.82. The first kappa shape index (κ1) is 16.0. The average Bonchev–Trinajstić information content (AvgIpc) is 2.45. The molecule has 0 unspecified atom stereocenters. The van der Waals surface area contributed by atoms with Gasteiger partial charge in [-0.3, -0.25) is 0 Å². The van der Waals surface area contributed by atoms with Crippen molar-refractivity contribution >= 4 is 15.9 Å². The van der Waals surface area contributed by atoms with Crippen LogP contribution < -0.4 is 10.1 Å². The topological polar surface area (TPSA) is 21.3 Å². The van der Waals surface area contributed by atoms with E-state index in [1.807, 2.05) is 19.1 Å². The highest BCUT2D eigenvalue weighted by Crippen LogP contribution is 2.29. The van der Waals surface area contributed by atoms with E-state index < -0.39 is 0 Å². The fourth-order valence-corrected chi connectivity index (χ4v) is 2.28. The van der Waals surface area contributed by atoms with E-state index in [-0.39, 0.29) is 11.6 Å². The lowest BCUT2D eigenvalue weighted by Gasteiger charge is -2.12. The van der Waals surface area contributed by atoms with Gasteiger partial charge in [-0.1, -0.05) is 35.0 Å². The van der Waals surface area contributed by atoms with E-state index in [9.17, 15) is 4.39 Å². The van der Waals surface area contributed by atoms with E-state index in [0.717, 1.165) is 30.6 Å². The van der Waals surface area contributed by atoms with Gasteiger partial charge in [0.05, 0.1) is 0 Å². The fourth-order valence-electron chi connectivity index (χ4n) is 1.95. The summed E-state index contributed by atoms with van der Waals surface area (Å²) < 4.78 is 20.3. The molecule has 0 aliphatic carbocycles. The molecule has 0 amide bonds. The normalized spacial score (nSPS) is 10.7. The molecule has 0 aliphatic rings. The number of aryl methyl sites for hydroxylation is 1. The van der Waals surface area contributed by atoms with E-state index >= 15 is 0 Å². The maximum absolute atomic E-state index is 13.8. The summed E-state index contributed by atoms with van der Waals surface area (Å²) in [7, 11) is 0. The van der Waals surface area contributed by atoms with Crippen LogP contribution in [0.15, 0.2) is 40.9 Å². The van der Waals surface area contributed by atoms with Crippen molar-refractivity contribution in [2.45, 2.75) is 26.8 Å². The molecule has 0 fully saturated rings. The number of ether oxygens (including phenoxy) is 1. The van der Waals surface area contributed by atoms with Crippen LogP contribution in [0, 0.1) is 12.7 Å². The number of halogens is 2. The minimum atomic E-state index is -0.377. The van der Waals surface area contributed by atoms with Gasteiger partial charge in [-0.15, -0.1) is 0 Å². The van der Waals surface area contributed by atoms with E-state index in [1.54, 1.807) is 12.1 Å². The lowest BCUT2D eigenvalue weighted by Crippen LogP contribution is -2.13. The second-order valence-corrected chi connectivity index (χ2v) is 5.87. The Morgan fingerprint density at radius 1 is 1.14 bits per heavy atom. The Balaban J connectivity index is 2.16. The van der Waals surface area contributed by atoms with Crippen LogP contribution in [-0.2, 0) is 6.54 Å². The van der Waals surface area contributed by atoms with Gasteiger partial charge in [-0.05, 0) is 55.3 Å². The zero-order chi connectivity index (χ0) is 15.2. The van der Waals surface area contributed by atoms with Crippen molar-refractivity contribution < 1.29 is 9.13 Å². The lowest BCUT2D eigenvalue weighted by atomic mass is 10.1. The molecule has 2 aromatic rings. The highest BCUT2D eigenvalue weighted by molar-refractivity contribution is 9.10. The van der Waals surface area contributed by atoms with Gasteiger partial charge in [-0.25, -0.2) is 4.39 Å². The third kappa shape index (κ3) is 4.55. The van der Waals surface area contributed by atoms with Crippen LogP contribution >= 0.6 is 15.9 Å². The zero-order valence-electron chi connectivity index (χ0n) is 12.2. The van der Waals surface area contributed by atoms with Crippen molar-refractivity contribution in [2.75, 3.05) is 6.54 Å². The Hall–Kier alpha value is -1.39. The molecule has 2 aromatic carbocycles. The summed E-state index contributed by atoms with van der Waals surface area (Å²) in [6, 6.07) is 10.8. The summed E-state index contributed by atoms with van der Waals surface area (Å²) in [6.07, 6.45) is 1.10. The van der Waals surface area contributed by atoms with E-state index in [0.29, 0.717) is 10.2 Å². The van der Waals surface area contributed by atoms with Gasteiger partial charge in [0.1, 0.15) is 5.75 Å². The van der Waals surface area contributed by atoms with Crippen LogP contribution in [0.1, 0.15) is 24.5 Å². The molecule has 4 heteroatoms. The molecule has 0 heterocycles. The van der Waals surface area contributed by atoms with Crippen molar-refractivity contribution in [3.8, 4) is 11.5 Å². The standard InChI is InChI=1S/C17H19BrFNO/c1-3-8-20-11-13-5-4-12(2)17(9-13)21-16-7-6-14(18)10-15(16)19/h4-7,9-10,20H,3,8,11H2,1-2H3. The number of benzene rings is 2. The van der Waals surface area contributed by atoms with Gasteiger partial charge in [0.15, 0.2) is 11.6 Å². The Bertz CT molecular complexity index is 616. The average molecular weight is 352 g/mol. The van der Waals surface area contributed by atoms with Gasteiger partial charge in [0.25, 0.3) is 0 Å². The monoisotopic (exact) mass is 351 g/mol. The fraction of sp³-hybridized carbons (Fsp3) is 0.294. The summed E-state index contributed by atoms with van der Waals surface area (Å²) in [5, 5.41) is 3.34. The Morgan fingerprint density at radius 3 is 2.67 bits per heavy atom. The molecular formula is C17H19BrFNO. The van der Waals surface area contributed by atoms with Crippen molar-refractivity contribution in [3.05, 3.63) is 57.8 Å². The molecular weight excluding hydrogens is 333 g/mol. The summed E-state index contributed by atoms with van der Waals surface area (Å²) >= 11 is 3.24. The molecule has 0 spiro atoms. The molecule has 0 aliphatic heterocycles. The second kappa shape index (κ2) is 7.57. The first-order valence-electron chi connectivity index (χ1n) is 7.03. The van der Waals surface area contributed by atoms with Crippen LogP contribution in [0.5, 0.6) is 11.5 Å². The quantitative estimate of drug-likeness (QED) is 0.723.